The summed E-state index contributed by atoms with van der Waals surface area (Å²) < 4.78 is 36.7. The van der Waals surface area contributed by atoms with Crippen LogP contribution < -0.4 is 20.3 Å². The van der Waals surface area contributed by atoms with Crippen molar-refractivity contribution in [2.24, 2.45) is 0 Å². The second-order valence-corrected chi connectivity index (χ2v) is 9.42. The van der Waals surface area contributed by atoms with Crippen LogP contribution in [0.1, 0.15) is 6.92 Å². The zero-order chi connectivity index (χ0) is 25.2. The number of hydrogen-bond donors (Lipinski definition) is 2. The van der Waals surface area contributed by atoms with Crippen molar-refractivity contribution in [3.63, 3.8) is 0 Å². The van der Waals surface area contributed by atoms with E-state index >= 15 is 0 Å². The Balaban J connectivity index is 1.41. The van der Waals surface area contributed by atoms with E-state index in [2.05, 4.69) is 25.5 Å². The third-order valence-corrected chi connectivity index (χ3v) is 6.63. The summed E-state index contributed by atoms with van der Waals surface area (Å²) in [5, 5.41) is 7.47. The van der Waals surface area contributed by atoms with Crippen LogP contribution in [-0.2, 0) is 4.79 Å². The van der Waals surface area contributed by atoms with E-state index in [0.717, 1.165) is 13.1 Å². The van der Waals surface area contributed by atoms with Gasteiger partial charge in [0.25, 0.3) is 0 Å². The number of amides is 1. The second kappa shape index (κ2) is 10.0. The Kier molecular flexibility index (Phi) is 6.66. The van der Waals surface area contributed by atoms with Gasteiger partial charge in [-0.25, -0.2) is 13.8 Å². The van der Waals surface area contributed by atoms with Gasteiger partial charge in [-0.15, -0.1) is 11.3 Å². The Morgan fingerprint density at radius 1 is 1.03 bits per heavy atom. The van der Waals surface area contributed by atoms with Gasteiger partial charge in [-0.3, -0.25) is 4.79 Å². The minimum Gasteiger partial charge on any atom is -0.437 e. The Hall–Kier alpha value is -3.83. The molecule has 1 aliphatic heterocycles. The molecule has 0 atom stereocenters. The summed E-state index contributed by atoms with van der Waals surface area (Å²) in [5.41, 5.74) is 1.38. The fraction of sp³-hybridized carbons (Fsp3) is 0.240. The summed E-state index contributed by atoms with van der Waals surface area (Å²) in [6.45, 7) is 4.01. The molecule has 4 aromatic rings. The summed E-state index contributed by atoms with van der Waals surface area (Å²) in [6, 6.07) is 11.2. The van der Waals surface area contributed by atoms with Crippen LogP contribution in [0.15, 0.2) is 47.8 Å². The van der Waals surface area contributed by atoms with Gasteiger partial charge in [-0.1, -0.05) is 6.07 Å². The molecule has 0 spiro atoms. The van der Waals surface area contributed by atoms with E-state index in [4.69, 9.17) is 4.74 Å². The molecule has 0 aliphatic carbocycles. The first-order valence-corrected chi connectivity index (χ1v) is 12.2. The molecular weight excluding hydrogens is 486 g/mol. The van der Waals surface area contributed by atoms with Crippen molar-refractivity contribution in [3.8, 4) is 11.6 Å². The van der Waals surface area contributed by atoms with Gasteiger partial charge in [0.1, 0.15) is 16.1 Å². The molecule has 2 N–H and O–H groups in total. The topological polar surface area (TPSA) is 82.6 Å². The van der Waals surface area contributed by atoms with Crippen LogP contribution in [0.4, 0.5) is 31.8 Å². The van der Waals surface area contributed by atoms with Gasteiger partial charge in [0.2, 0.25) is 17.7 Å². The Labute approximate surface area is 210 Å². The third-order valence-electron chi connectivity index (χ3n) is 5.73. The number of likely N-dealkylation sites (N-methyl/N-ethyl adjacent to an activating group) is 1. The van der Waals surface area contributed by atoms with Gasteiger partial charge < -0.3 is 25.2 Å². The van der Waals surface area contributed by atoms with Crippen LogP contribution in [0.2, 0.25) is 0 Å². The lowest BCUT2D eigenvalue weighted by molar-refractivity contribution is -0.114. The standard InChI is InChI=1S/C25H24F2N6O2S/c1-15(34)28-16-4-3-5-18(12-16)35-24-23-21(6-11-36-23)30-25(31-24)29-17-13-19(26)22(20(27)14-17)33-9-7-32(2)8-10-33/h3-6,11-14H,7-10H2,1-2H3,(H,28,34)(H,29,30,31). The minimum atomic E-state index is -0.648. The molecular formula is C25H24F2N6O2S. The highest BCUT2D eigenvalue weighted by Crippen LogP contribution is 2.34. The number of nitrogens with one attached hydrogen (secondary N) is 2. The van der Waals surface area contributed by atoms with Crippen molar-refractivity contribution < 1.29 is 18.3 Å². The molecule has 1 aliphatic rings. The molecule has 11 heteroatoms. The number of benzene rings is 2. The molecule has 0 unspecified atom stereocenters. The Bertz CT molecular complexity index is 1400. The van der Waals surface area contributed by atoms with Crippen LogP contribution in [0.25, 0.3) is 10.2 Å². The average molecular weight is 511 g/mol. The predicted octanol–water partition coefficient (Wildman–Crippen LogP) is 5.22. The minimum absolute atomic E-state index is 0.0223. The monoisotopic (exact) mass is 510 g/mol. The number of rotatable bonds is 6. The van der Waals surface area contributed by atoms with E-state index in [1.165, 1.54) is 30.4 Å². The lowest BCUT2D eigenvalue weighted by Crippen LogP contribution is -2.45. The quantitative estimate of drug-likeness (QED) is 0.368. The average Bonchev–Trinajstić information content (AvgIpc) is 3.29. The molecule has 36 heavy (non-hydrogen) atoms. The predicted molar refractivity (Wildman–Crippen MR) is 138 cm³/mol. The number of piperazine rings is 1. The molecule has 0 bridgehead atoms. The highest BCUT2D eigenvalue weighted by atomic mass is 32.1. The highest BCUT2D eigenvalue weighted by molar-refractivity contribution is 7.17. The molecule has 1 amide bonds. The van der Waals surface area contributed by atoms with Gasteiger partial charge in [0.15, 0.2) is 11.6 Å². The lowest BCUT2D eigenvalue weighted by atomic mass is 10.2. The molecule has 8 nitrogen and oxygen atoms in total. The number of thiophene rings is 1. The van der Waals surface area contributed by atoms with Crippen molar-refractivity contribution >= 4 is 50.5 Å². The number of fused-ring (bicyclic) bond motifs is 1. The number of carbonyl (C=O) groups is 1. The van der Waals surface area contributed by atoms with Crippen LogP contribution in [-0.4, -0.2) is 54.0 Å². The summed E-state index contributed by atoms with van der Waals surface area (Å²) in [7, 11) is 1.99. The molecule has 0 radical (unpaired) electrons. The Morgan fingerprint density at radius 2 is 1.78 bits per heavy atom. The van der Waals surface area contributed by atoms with E-state index in [0.29, 0.717) is 34.7 Å². The molecule has 1 saturated heterocycles. The molecule has 2 aromatic heterocycles. The van der Waals surface area contributed by atoms with Crippen molar-refractivity contribution in [3.05, 3.63) is 59.5 Å². The molecule has 3 heterocycles. The number of ether oxygens (including phenoxy) is 1. The van der Waals surface area contributed by atoms with Crippen LogP contribution in [0.5, 0.6) is 11.6 Å². The van der Waals surface area contributed by atoms with E-state index in [1.54, 1.807) is 29.2 Å². The van der Waals surface area contributed by atoms with Crippen LogP contribution >= 0.6 is 11.3 Å². The number of halogens is 2. The number of anilines is 4. The SMILES string of the molecule is CC(=O)Nc1cccc(Oc2nc(Nc3cc(F)c(N4CCN(C)CC4)c(F)c3)nc3ccsc23)c1. The van der Waals surface area contributed by atoms with Crippen molar-refractivity contribution in [1.82, 2.24) is 14.9 Å². The van der Waals surface area contributed by atoms with Crippen LogP contribution in [0, 0.1) is 11.6 Å². The summed E-state index contributed by atoms with van der Waals surface area (Å²) in [4.78, 5) is 24.1. The fourth-order valence-electron chi connectivity index (χ4n) is 4.01. The van der Waals surface area contributed by atoms with Crippen molar-refractivity contribution in [2.45, 2.75) is 6.92 Å². The summed E-state index contributed by atoms with van der Waals surface area (Å²) >= 11 is 1.41. The zero-order valence-corrected chi connectivity index (χ0v) is 20.5. The molecule has 1 fully saturated rings. The van der Waals surface area contributed by atoms with Gasteiger partial charge in [-0.05, 0) is 42.8 Å². The summed E-state index contributed by atoms with van der Waals surface area (Å²) in [5.74, 6) is -0.601. The largest absolute Gasteiger partial charge is 0.437 e. The first-order valence-electron chi connectivity index (χ1n) is 11.4. The van der Waals surface area contributed by atoms with Gasteiger partial charge in [-0.2, -0.15) is 4.98 Å². The van der Waals surface area contributed by atoms with Gasteiger partial charge >= 0.3 is 0 Å². The maximum absolute atomic E-state index is 15.0. The maximum atomic E-state index is 15.0. The van der Waals surface area contributed by atoms with E-state index in [-0.39, 0.29) is 29.1 Å². The van der Waals surface area contributed by atoms with E-state index in [9.17, 15) is 13.6 Å². The molecule has 0 saturated carbocycles. The van der Waals surface area contributed by atoms with Crippen LogP contribution in [0.3, 0.4) is 0 Å². The lowest BCUT2D eigenvalue weighted by Gasteiger charge is -2.34. The van der Waals surface area contributed by atoms with Gasteiger partial charge in [0.05, 0.1) is 5.52 Å². The van der Waals surface area contributed by atoms with E-state index < -0.39 is 11.6 Å². The van der Waals surface area contributed by atoms with E-state index in [1.807, 2.05) is 18.5 Å². The Morgan fingerprint density at radius 3 is 2.50 bits per heavy atom. The zero-order valence-electron chi connectivity index (χ0n) is 19.7. The number of hydrogen-bond acceptors (Lipinski definition) is 8. The van der Waals surface area contributed by atoms with Gasteiger partial charge in [0, 0.05) is 50.5 Å². The summed E-state index contributed by atoms with van der Waals surface area (Å²) in [6.07, 6.45) is 0. The number of aromatic nitrogens is 2. The number of carbonyl (C=O) groups excluding carboxylic acids is 1. The first-order chi connectivity index (χ1) is 17.4. The molecule has 2 aromatic carbocycles. The van der Waals surface area contributed by atoms with Crippen molar-refractivity contribution in [1.29, 1.82) is 0 Å². The number of nitrogens with zero attached hydrogens (tertiary/aromatic N) is 4. The fourth-order valence-corrected chi connectivity index (χ4v) is 4.77. The maximum Gasteiger partial charge on any atom is 0.242 e. The second-order valence-electron chi connectivity index (χ2n) is 8.50. The smallest absolute Gasteiger partial charge is 0.242 e. The molecule has 186 valence electrons. The highest BCUT2D eigenvalue weighted by Gasteiger charge is 2.22. The third kappa shape index (κ3) is 5.21. The van der Waals surface area contributed by atoms with Crippen molar-refractivity contribution in [2.75, 3.05) is 48.8 Å². The first kappa shape index (κ1) is 23.9. The normalized spacial score (nSPS) is 14.2. The molecule has 5 rings (SSSR count).